The minimum absolute atomic E-state index is 0.223. The largest absolute Gasteiger partial charge is 0.396 e. The lowest BCUT2D eigenvalue weighted by atomic mass is 9.86. The van der Waals surface area contributed by atoms with Gasteiger partial charge in [-0.25, -0.2) is 0 Å². The van der Waals surface area contributed by atoms with E-state index in [1.807, 2.05) is 0 Å². The molecule has 0 spiro atoms. The van der Waals surface area contributed by atoms with Gasteiger partial charge in [0.15, 0.2) is 0 Å². The van der Waals surface area contributed by atoms with Crippen molar-refractivity contribution < 1.29 is 9.84 Å². The average Bonchev–Trinajstić information content (AvgIpc) is 2.41. The molecule has 84 valence electrons. The molecular weight excluding hydrogens is 178 g/mol. The summed E-state index contributed by atoms with van der Waals surface area (Å²) in [5, 5.41) is 8.98. The summed E-state index contributed by atoms with van der Waals surface area (Å²) in [5.41, 5.74) is 0.223. The van der Waals surface area contributed by atoms with Gasteiger partial charge >= 0.3 is 0 Å². The molecule has 0 aromatic carbocycles. The summed E-state index contributed by atoms with van der Waals surface area (Å²) >= 11 is 0. The molecule has 0 amide bonds. The second kappa shape index (κ2) is 5.10. The first kappa shape index (κ1) is 12.0. The van der Waals surface area contributed by atoms with Crippen molar-refractivity contribution in [2.45, 2.75) is 32.2 Å². The molecule has 1 atom stereocenters. The molecule has 1 aliphatic rings. The van der Waals surface area contributed by atoms with E-state index in [0.717, 1.165) is 26.1 Å². The number of methoxy groups -OCH3 is 1. The molecule has 0 radical (unpaired) electrons. The van der Waals surface area contributed by atoms with E-state index in [1.165, 1.54) is 6.42 Å². The summed E-state index contributed by atoms with van der Waals surface area (Å²) in [7, 11) is 1.74. The van der Waals surface area contributed by atoms with Crippen LogP contribution in [0.2, 0.25) is 0 Å². The zero-order valence-corrected chi connectivity index (χ0v) is 9.62. The number of aliphatic hydroxyl groups is 1. The normalized spacial score (nSPS) is 27.0. The molecule has 1 rings (SSSR count). The smallest absolute Gasteiger partial charge is 0.0589 e. The Bertz CT molecular complexity index is 171. The summed E-state index contributed by atoms with van der Waals surface area (Å²) in [4.78, 5) is 2.47. The number of nitrogens with zero attached hydrogens (tertiary/aromatic N) is 1. The molecule has 0 bridgehead atoms. The van der Waals surface area contributed by atoms with Crippen molar-refractivity contribution >= 4 is 0 Å². The van der Waals surface area contributed by atoms with Gasteiger partial charge in [-0.15, -0.1) is 0 Å². The molecule has 1 fully saturated rings. The van der Waals surface area contributed by atoms with Crippen LogP contribution in [0, 0.1) is 5.92 Å². The monoisotopic (exact) mass is 201 g/mol. The highest BCUT2D eigenvalue weighted by atomic mass is 16.5. The molecule has 0 aliphatic carbocycles. The summed E-state index contributed by atoms with van der Waals surface area (Å²) in [6.45, 7) is 7.81. The van der Waals surface area contributed by atoms with E-state index < -0.39 is 0 Å². The van der Waals surface area contributed by atoms with Gasteiger partial charge in [-0.3, -0.25) is 4.90 Å². The average molecular weight is 201 g/mol. The lowest BCUT2D eigenvalue weighted by Crippen LogP contribution is -2.44. The number of aliphatic hydroxyl groups excluding tert-OH is 1. The van der Waals surface area contributed by atoms with Gasteiger partial charge in [0.2, 0.25) is 0 Å². The highest BCUT2D eigenvalue weighted by Gasteiger charge is 2.39. The van der Waals surface area contributed by atoms with Crippen molar-refractivity contribution in [3.05, 3.63) is 0 Å². The molecule has 1 unspecified atom stereocenters. The van der Waals surface area contributed by atoms with Crippen molar-refractivity contribution in [2.24, 2.45) is 5.92 Å². The molecule has 0 aromatic rings. The van der Waals surface area contributed by atoms with Gasteiger partial charge in [0, 0.05) is 25.8 Å². The number of ether oxygens (including phenoxy) is 1. The minimum Gasteiger partial charge on any atom is -0.396 e. The van der Waals surface area contributed by atoms with Crippen LogP contribution in [0.15, 0.2) is 0 Å². The lowest BCUT2D eigenvalue weighted by Gasteiger charge is -2.35. The van der Waals surface area contributed by atoms with Crippen LogP contribution >= 0.6 is 0 Å². The molecule has 1 N–H and O–H groups in total. The Hall–Kier alpha value is -0.120. The molecule has 3 nitrogen and oxygen atoms in total. The van der Waals surface area contributed by atoms with Gasteiger partial charge in [-0.1, -0.05) is 0 Å². The van der Waals surface area contributed by atoms with Crippen LogP contribution in [-0.4, -0.2) is 49.0 Å². The molecule has 1 aliphatic heterocycles. The van der Waals surface area contributed by atoms with Gasteiger partial charge in [0.1, 0.15) is 0 Å². The molecule has 1 heterocycles. The Kier molecular flexibility index (Phi) is 4.35. The third-order valence-electron chi connectivity index (χ3n) is 3.60. The first-order valence-corrected chi connectivity index (χ1v) is 5.47. The van der Waals surface area contributed by atoms with E-state index in [0.29, 0.717) is 12.5 Å². The highest BCUT2D eigenvalue weighted by Crippen LogP contribution is 2.36. The number of rotatable bonds is 5. The first-order chi connectivity index (χ1) is 6.62. The number of likely N-dealkylation sites (tertiary alicyclic amines) is 1. The zero-order chi connectivity index (χ0) is 10.6. The van der Waals surface area contributed by atoms with E-state index >= 15 is 0 Å². The Morgan fingerprint density at radius 2 is 2.21 bits per heavy atom. The van der Waals surface area contributed by atoms with E-state index in [9.17, 15) is 0 Å². The van der Waals surface area contributed by atoms with Gasteiger partial charge in [-0.05, 0) is 39.2 Å². The predicted molar refractivity (Wildman–Crippen MR) is 57.3 cm³/mol. The Balaban J connectivity index is 2.47. The molecular formula is C11H23NO2. The van der Waals surface area contributed by atoms with Crippen molar-refractivity contribution in [1.82, 2.24) is 4.90 Å². The van der Waals surface area contributed by atoms with E-state index in [-0.39, 0.29) is 5.54 Å². The standard InChI is InChI=1S/C11H23NO2/c1-11(2)10(5-8-13)4-6-12(11)7-9-14-3/h10,13H,4-9H2,1-3H3. The van der Waals surface area contributed by atoms with Crippen molar-refractivity contribution in [3.63, 3.8) is 0 Å². The molecule has 1 saturated heterocycles. The molecule has 0 saturated carbocycles. The highest BCUT2D eigenvalue weighted by molar-refractivity contribution is 4.94. The zero-order valence-electron chi connectivity index (χ0n) is 9.62. The molecule has 3 heteroatoms. The maximum absolute atomic E-state index is 8.98. The fraction of sp³-hybridized carbons (Fsp3) is 1.00. The van der Waals surface area contributed by atoms with Crippen LogP contribution in [0.1, 0.15) is 26.7 Å². The van der Waals surface area contributed by atoms with E-state index in [4.69, 9.17) is 9.84 Å². The van der Waals surface area contributed by atoms with Crippen LogP contribution in [0.25, 0.3) is 0 Å². The van der Waals surface area contributed by atoms with Crippen molar-refractivity contribution in [2.75, 3.05) is 33.4 Å². The van der Waals surface area contributed by atoms with E-state index in [1.54, 1.807) is 7.11 Å². The van der Waals surface area contributed by atoms with Crippen LogP contribution in [-0.2, 0) is 4.74 Å². The number of hydrogen-bond donors (Lipinski definition) is 1. The SMILES string of the molecule is COCCN1CCC(CCO)C1(C)C. The van der Waals surface area contributed by atoms with Gasteiger partial charge in [-0.2, -0.15) is 0 Å². The van der Waals surface area contributed by atoms with Crippen LogP contribution in [0.5, 0.6) is 0 Å². The van der Waals surface area contributed by atoms with Crippen LogP contribution in [0.4, 0.5) is 0 Å². The van der Waals surface area contributed by atoms with Crippen molar-refractivity contribution in [3.8, 4) is 0 Å². The second-order valence-electron chi connectivity index (χ2n) is 4.63. The maximum Gasteiger partial charge on any atom is 0.0589 e. The van der Waals surface area contributed by atoms with Gasteiger partial charge in [0.05, 0.1) is 6.61 Å². The summed E-state index contributed by atoms with van der Waals surface area (Å²) in [6.07, 6.45) is 2.13. The lowest BCUT2D eigenvalue weighted by molar-refractivity contribution is 0.0843. The summed E-state index contributed by atoms with van der Waals surface area (Å²) < 4.78 is 5.10. The summed E-state index contributed by atoms with van der Waals surface area (Å²) in [6, 6.07) is 0. The maximum atomic E-state index is 8.98. The third-order valence-corrected chi connectivity index (χ3v) is 3.60. The van der Waals surface area contributed by atoms with Gasteiger partial charge in [0.25, 0.3) is 0 Å². The Morgan fingerprint density at radius 1 is 1.50 bits per heavy atom. The molecule has 14 heavy (non-hydrogen) atoms. The first-order valence-electron chi connectivity index (χ1n) is 5.47. The Labute approximate surface area is 87.1 Å². The Morgan fingerprint density at radius 3 is 2.79 bits per heavy atom. The van der Waals surface area contributed by atoms with E-state index in [2.05, 4.69) is 18.7 Å². The van der Waals surface area contributed by atoms with Crippen molar-refractivity contribution in [1.29, 1.82) is 0 Å². The minimum atomic E-state index is 0.223. The topological polar surface area (TPSA) is 32.7 Å². The second-order valence-corrected chi connectivity index (χ2v) is 4.63. The molecule has 0 aromatic heterocycles. The quantitative estimate of drug-likeness (QED) is 0.723. The van der Waals surface area contributed by atoms with Gasteiger partial charge < -0.3 is 9.84 Å². The van der Waals surface area contributed by atoms with Crippen LogP contribution < -0.4 is 0 Å². The summed E-state index contributed by atoms with van der Waals surface area (Å²) in [5.74, 6) is 0.629. The predicted octanol–water partition coefficient (Wildman–Crippen LogP) is 1.12. The third kappa shape index (κ3) is 2.47. The van der Waals surface area contributed by atoms with Crippen LogP contribution in [0.3, 0.4) is 0 Å². The fourth-order valence-corrected chi connectivity index (χ4v) is 2.47. The fourth-order valence-electron chi connectivity index (χ4n) is 2.47. The number of hydrogen-bond acceptors (Lipinski definition) is 3.